The summed E-state index contributed by atoms with van der Waals surface area (Å²) in [6.07, 6.45) is 6.81. The monoisotopic (exact) mass is 314 g/mol. The minimum Gasteiger partial charge on any atom is -0.478 e. The lowest BCUT2D eigenvalue weighted by molar-refractivity contribution is 0.0154. The summed E-state index contributed by atoms with van der Waals surface area (Å²) in [6, 6.07) is 9.11. The second kappa shape index (κ2) is 6.25. The van der Waals surface area contributed by atoms with Gasteiger partial charge < -0.3 is 5.11 Å². The third-order valence-electron chi connectivity index (χ3n) is 5.79. The van der Waals surface area contributed by atoms with E-state index in [1.165, 1.54) is 45.2 Å². The molecule has 4 heteroatoms. The summed E-state index contributed by atoms with van der Waals surface area (Å²) in [5, 5.41) is 9.14. The summed E-state index contributed by atoms with van der Waals surface area (Å²) < 4.78 is 0. The van der Waals surface area contributed by atoms with Crippen LogP contribution in [0.15, 0.2) is 24.3 Å². The number of likely N-dealkylation sites (tertiary alicyclic amines) is 2. The van der Waals surface area contributed by atoms with Gasteiger partial charge in [0.2, 0.25) is 0 Å². The van der Waals surface area contributed by atoms with Crippen molar-refractivity contribution in [3.63, 3.8) is 0 Å². The Bertz CT molecular complexity index is 584. The molecule has 23 heavy (non-hydrogen) atoms. The highest BCUT2D eigenvalue weighted by Crippen LogP contribution is 2.38. The predicted octanol–water partition coefficient (Wildman–Crippen LogP) is 2.83. The van der Waals surface area contributed by atoms with Crippen molar-refractivity contribution in [1.82, 2.24) is 9.80 Å². The first-order chi connectivity index (χ1) is 11.2. The van der Waals surface area contributed by atoms with Crippen molar-refractivity contribution in [3.05, 3.63) is 35.4 Å². The Hall–Kier alpha value is -1.39. The third-order valence-corrected chi connectivity index (χ3v) is 5.79. The fourth-order valence-corrected chi connectivity index (χ4v) is 4.58. The van der Waals surface area contributed by atoms with Crippen molar-refractivity contribution in [2.75, 3.05) is 19.6 Å². The maximum absolute atomic E-state index is 11.1. The van der Waals surface area contributed by atoms with Crippen molar-refractivity contribution in [1.29, 1.82) is 0 Å². The number of aromatic carboxylic acids is 1. The first-order valence-corrected chi connectivity index (χ1v) is 9.01. The van der Waals surface area contributed by atoms with Gasteiger partial charge in [-0.2, -0.15) is 0 Å². The molecule has 2 atom stereocenters. The molecule has 1 saturated carbocycles. The zero-order valence-electron chi connectivity index (χ0n) is 13.7. The number of hydrogen-bond donors (Lipinski definition) is 1. The number of piperidine rings is 2. The van der Waals surface area contributed by atoms with Gasteiger partial charge in [-0.25, -0.2) is 4.79 Å². The molecule has 0 amide bonds. The second-order valence-corrected chi connectivity index (χ2v) is 7.47. The van der Waals surface area contributed by atoms with Gasteiger partial charge in [0, 0.05) is 25.2 Å². The number of hydrogen-bond acceptors (Lipinski definition) is 3. The van der Waals surface area contributed by atoms with E-state index >= 15 is 0 Å². The van der Waals surface area contributed by atoms with Gasteiger partial charge in [-0.05, 0) is 68.8 Å². The summed E-state index contributed by atoms with van der Waals surface area (Å²) >= 11 is 0. The maximum Gasteiger partial charge on any atom is 0.335 e. The second-order valence-electron chi connectivity index (χ2n) is 7.47. The van der Waals surface area contributed by atoms with Crippen LogP contribution in [0.1, 0.15) is 48.0 Å². The fourth-order valence-electron chi connectivity index (χ4n) is 4.58. The van der Waals surface area contributed by atoms with Crippen molar-refractivity contribution < 1.29 is 9.90 Å². The van der Waals surface area contributed by atoms with Gasteiger partial charge in [-0.15, -0.1) is 0 Å². The van der Waals surface area contributed by atoms with E-state index in [1.54, 1.807) is 6.07 Å². The van der Waals surface area contributed by atoms with Gasteiger partial charge in [0.25, 0.3) is 0 Å². The molecule has 4 rings (SSSR count). The van der Waals surface area contributed by atoms with E-state index in [1.807, 2.05) is 12.1 Å². The third kappa shape index (κ3) is 3.29. The van der Waals surface area contributed by atoms with Crippen LogP contribution in [0.2, 0.25) is 0 Å². The van der Waals surface area contributed by atoms with Crippen LogP contribution in [0.4, 0.5) is 0 Å². The first kappa shape index (κ1) is 15.2. The van der Waals surface area contributed by atoms with Crippen LogP contribution >= 0.6 is 0 Å². The quantitative estimate of drug-likeness (QED) is 0.928. The molecule has 124 valence electrons. The van der Waals surface area contributed by atoms with E-state index in [4.69, 9.17) is 5.11 Å². The molecule has 0 aromatic heterocycles. The zero-order valence-corrected chi connectivity index (χ0v) is 13.7. The highest BCUT2D eigenvalue weighted by atomic mass is 16.4. The molecule has 1 aliphatic carbocycles. The average molecular weight is 314 g/mol. The lowest BCUT2D eigenvalue weighted by atomic mass is 9.83. The smallest absolute Gasteiger partial charge is 0.335 e. The molecule has 0 spiro atoms. The SMILES string of the molecule is O=C(O)c1cccc(CN2CCC3C(CCCN3C3CC3)C2)c1. The topological polar surface area (TPSA) is 43.8 Å². The Morgan fingerprint density at radius 3 is 2.83 bits per heavy atom. The Morgan fingerprint density at radius 1 is 1.17 bits per heavy atom. The number of carboxylic acids is 1. The van der Waals surface area contributed by atoms with Crippen LogP contribution in [-0.2, 0) is 6.54 Å². The van der Waals surface area contributed by atoms with Crippen LogP contribution in [0.3, 0.4) is 0 Å². The predicted molar refractivity (Wildman–Crippen MR) is 89.5 cm³/mol. The standard InChI is InChI=1S/C19H26N2O2/c22-19(23)15-4-1-3-14(11-15)12-20-10-8-18-16(13-20)5-2-9-21(18)17-6-7-17/h1,3-4,11,16-18H,2,5-10,12-13H2,(H,22,23). The number of benzene rings is 1. The van der Waals surface area contributed by atoms with Crippen LogP contribution in [0.25, 0.3) is 0 Å². The number of carbonyl (C=O) groups is 1. The van der Waals surface area contributed by atoms with Crippen LogP contribution < -0.4 is 0 Å². The molecule has 2 unspecified atom stereocenters. The zero-order chi connectivity index (χ0) is 15.8. The molecule has 2 aliphatic heterocycles. The van der Waals surface area contributed by atoms with Gasteiger partial charge in [0.05, 0.1) is 5.56 Å². The molecule has 1 N–H and O–H groups in total. The van der Waals surface area contributed by atoms with Crippen LogP contribution in [0.5, 0.6) is 0 Å². The minimum atomic E-state index is -0.835. The lowest BCUT2D eigenvalue weighted by Crippen LogP contribution is -2.54. The van der Waals surface area contributed by atoms with Crippen molar-refractivity contribution in [2.24, 2.45) is 5.92 Å². The van der Waals surface area contributed by atoms with Gasteiger partial charge in [-0.1, -0.05) is 12.1 Å². The number of rotatable bonds is 4. The molecule has 0 bridgehead atoms. The molecule has 1 aromatic rings. The first-order valence-electron chi connectivity index (χ1n) is 9.01. The van der Waals surface area contributed by atoms with E-state index in [-0.39, 0.29) is 0 Å². The van der Waals surface area contributed by atoms with Gasteiger partial charge in [0.15, 0.2) is 0 Å². The Kier molecular flexibility index (Phi) is 4.12. The highest BCUT2D eigenvalue weighted by molar-refractivity contribution is 5.87. The molecule has 0 radical (unpaired) electrons. The van der Waals surface area contributed by atoms with E-state index in [0.717, 1.165) is 36.7 Å². The van der Waals surface area contributed by atoms with Gasteiger partial charge in [0.1, 0.15) is 0 Å². The van der Waals surface area contributed by atoms with E-state index < -0.39 is 5.97 Å². The molecule has 4 nitrogen and oxygen atoms in total. The maximum atomic E-state index is 11.1. The van der Waals surface area contributed by atoms with Gasteiger partial charge >= 0.3 is 5.97 Å². The molecule has 3 aliphatic rings. The summed E-state index contributed by atoms with van der Waals surface area (Å²) in [6.45, 7) is 4.51. The summed E-state index contributed by atoms with van der Waals surface area (Å²) in [4.78, 5) is 16.4. The van der Waals surface area contributed by atoms with Crippen molar-refractivity contribution in [3.8, 4) is 0 Å². The van der Waals surface area contributed by atoms with E-state index in [2.05, 4.69) is 15.9 Å². The Balaban J connectivity index is 1.40. The minimum absolute atomic E-state index is 0.398. The van der Waals surface area contributed by atoms with Crippen molar-refractivity contribution in [2.45, 2.75) is 50.7 Å². The van der Waals surface area contributed by atoms with Crippen LogP contribution in [-0.4, -0.2) is 52.6 Å². The van der Waals surface area contributed by atoms with E-state index in [0.29, 0.717) is 5.56 Å². The summed E-state index contributed by atoms with van der Waals surface area (Å²) in [5.41, 5.74) is 1.52. The number of fused-ring (bicyclic) bond motifs is 1. The molecule has 2 heterocycles. The lowest BCUT2D eigenvalue weighted by Gasteiger charge is -2.47. The normalized spacial score (nSPS) is 29.2. The Labute approximate surface area is 138 Å². The van der Waals surface area contributed by atoms with Crippen molar-refractivity contribution >= 4 is 5.97 Å². The Morgan fingerprint density at radius 2 is 2.04 bits per heavy atom. The molecular formula is C19H26N2O2. The summed E-state index contributed by atoms with van der Waals surface area (Å²) in [5.74, 6) is -0.0290. The molecular weight excluding hydrogens is 288 g/mol. The highest BCUT2D eigenvalue weighted by Gasteiger charge is 2.41. The van der Waals surface area contributed by atoms with Gasteiger partial charge in [-0.3, -0.25) is 9.80 Å². The molecule has 3 fully saturated rings. The van der Waals surface area contributed by atoms with E-state index in [9.17, 15) is 4.79 Å². The average Bonchev–Trinajstić information content (AvgIpc) is 3.39. The number of carboxylic acid groups (broad SMARTS) is 1. The molecule has 1 aromatic carbocycles. The summed E-state index contributed by atoms with van der Waals surface area (Å²) in [7, 11) is 0. The number of nitrogens with zero attached hydrogens (tertiary/aromatic N) is 2. The fraction of sp³-hybridized carbons (Fsp3) is 0.632. The molecule has 2 saturated heterocycles. The largest absolute Gasteiger partial charge is 0.478 e. The van der Waals surface area contributed by atoms with Crippen LogP contribution in [0, 0.1) is 5.92 Å².